The Kier molecular flexibility index (Phi) is 5.46. The van der Waals surface area contributed by atoms with Gasteiger partial charge >= 0.3 is 5.97 Å². The number of esters is 1. The van der Waals surface area contributed by atoms with Gasteiger partial charge in [-0.3, -0.25) is 4.79 Å². The second-order valence-corrected chi connectivity index (χ2v) is 7.84. The molecule has 0 radical (unpaired) electrons. The molecule has 1 saturated carbocycles. The second kappa shape index (κ2) is 8.17. The quantitative estimate of drug-likeness (QED) is 0.751. The largest absolute Gasteiger partial charge is 0.452 e. The number of rotatable bonds is 4. The maximum atomic E-state index is 12.6. The van der Waals surface area contributed by atoms with Crippen LogP contribution in [0.2, 0.25) is 0 Å². The van der Waals surface area contributed by atoms with Crippen LogP contribution in [-0.4, -0.2) is 41.6 Å². The van der Waals surface area contributed by atoms with E-state index in [0.717, 1.165) is 31.0 Å². The van der Waals surface area contributed by atoms with Crippen LogP contribution < -0.4 is 0 Å². The summed E-state index contributed by atoms with van der Waals surface area (Å²) in [6.45, 7) is 2.99. The van der Waals surface area contributed by atoms with E-state index >= 15 is 0 Å². The van der Waals surface area contributed by atoms with Crippen molar-refractivity contribution in [2.24, 2.45) is 11.8 Å². The molecule has 2 heterocycles. The average molecular weight is 382 g/mol. The number of carbonyl (C=O) groups excluding carboxylic acids is 2. The van der Waals surface area contributed by atoms with Gasteiger partial charge < -0.3 is 14.2 Å². The van der Waals surface area contributed by atoms with Crippen LogP contribution in [0.25, 0.3) is 11.3 Å². The van der Waals surface area contributed by atoms with Gasteiger partial charge in [-0.05, 0) is 31.6 Å². The molecule has 4 rings (SSSR count). The van der Waals surface area contributed by atoms with Gasteiger partial charge in [-0.1, -0.05) is 54.8 Å². The summed E-state index contributed by atoms with van der Waals surface area (Å²) in [5.41, 5.74) is 1.50. The minimum absolute atomic E-state index is 0.118. The summed E-state index contributed by atoms with van der Waals surface area (Å²) in [6, 6.07) is 9.34. The van der Waals surface area contributed by atoms with Gasteiger partial charge in [0.2, 0.25) is 0 Å². The first-order valence-electron chi connectivity index (χ1n) is 10.1. The lowest BCUT2D eigenvalue weighted by Crippen LogP contribution is -2.46. The number of benzene rings is 1. The minimum Gasteiger partial charge on any atom is -0.452 e. The molecule has 1 aromatic heterocycles. The minimum atomic E-state index is -0.571. The third-order valence-electron chi connectivity index (χ3n) is 6.08. The van der Waals surface area contributed by atoms with Gasteiger partial charge in [0.25, 0.3) is 5.91 Å². The van der Waals surface area contributed by atoms with Crippen LogP contribution in [0, 0.1) is 18.8 Å². The zero-order chi connectivity index (χ0) is 19.5. The summed E-state index contributed by atoms with van der Waals surface area (Å²) in [5.74, 6) is 1.06. The lowest BCUT2D eigenvalue weighted by atomic mass is 9.75. The first kappa shape index (κ1) is 18.7. The number of amides is 1. The summed E-state index contributed by atoms with van der Waals surface area (Å²) in [6.07, 6.45) is 6.13. The second-order valence-electron chi connectivity index (χ2n) is 7.84. The van der Waals surface area contributed by atoms with Gasteiger partial charge in [0.1, 0.15) is 17.0 Å². The number of piperidine rings is 1. The van der Waals surface area contributed by atoms with E-state index in [9.17, 15) is 9.59 Å². The fourth-order valence-corrected chi connectivity index (χ4v) is 4.52. The van der Waals surface area contributed by atoms with E-state index in [4.69, 9.17) is 9.26 Å². The highest BCUT2D eigenvalue weighted by Crippen LogP contribution is 2.36. The SMILES string of the molecule is Cc1onc(-c2ccccc2)c1C(=O)OCC(=O)N1CC[C@H]2CCCC[C@@H]2C1. The molecule has 0 unspecified atom stereocenters. The fourth-order valence-electron chi connectivity index (χ4n) is 4.52. The molecule has 0 bridgehead atoms. The molecule has 1 saturated heterocycles. The predicted molar refractivity (Wildman–Crippen MR) is 104 cm³/mol. The van der Waals surface area contributed by atoms with Crippen molar-refractivity contribution in [1.82, 2.24) is 10.1 Å². The third-order valence-corrected chi connectivity index (χ3v) is 6.08. The van der Waals surface area contributed by atoms with Crippen LogP contribution in [0.3, 0.4) is 0 Å². The molecule has 1 aliphatic carbocycles. The average Bonchev–Trinajstić information content (AvgIpc) is 3.13. The lowest BCUT2D eigenvalue weighted by Gasteiger charge is -2.41. The molecule has 28 heavy (non-hydrogen) atoms. The standard InChI is InChI=1S/C22H26N2O4/c1-15-20(21(23-28-15)17-8-3-2-4-9-17)22(26)27-14-19(25)24-12-11-16-7-5-6-10-18(16)13-24/h2-4,8-9,16,18H,5-7,10-14H2,1H3/t16-,18-/m1/s1. The van der Waals surface area contributed by atoms with Crippen molar-refractivity contribution < 1.29 is 18.8 Å². The first-order chi connectivity index (χ1) is 13.6. The van der Waals surface area contributed by atoms with Crippen molar-refractivity contribution in [3.05, 3.63) is 41.7 Å². The number of aryl methyl sites for hydroxylation is 1. The van der Waals surface area contributed by atoms with E-state index in [1.54, 1.807) is 6.92 Å². The maximum Gasteiger partial charge on any atom is 0.344 e. The molecular weight excluding hydrogens is 356 g/mol. The van der Waals surface area contributed by atoms with Gasteiger partial charge in [0, 0.05) is 18.7 Å². The molecule has 0 spiro atoms. The number of fused-ring (bicyclic) bond motifs is 1. The number of nitrogens with zero attached hydrogens (tertiary/aromatic N) is 2. The topological polar surface area (TPSA) is 72.6 Å². The Morgan fingerprint density at radius 1 is 1.14 bits per heavy atom. The van der Waals surface area contributed by atoms with E-state index in [2.05, 4.69) is 5.16 Å². The molecule has 2 fully saturated rings. The summed E-state index contributed by atoms with van der Waals surface area (Å²) in [5, 5.41) is 4.00. The summed E-state index contributed by atoms with van der Waals surface area (Å²) >= 11 is 0. The molecule has 2 atom stereocenters. The van der Waals surface area contributed by atoms with Gasteiger partial charge in [0.05, 0.1) is 0 Å². The van der Waals surface area contributed by atoms with Crippen LogP contribution in [0.5, 0.6) is 0 Å². The number of ether oxygens (including phenoxy) is 1. The molecule has 6 heteroatoms. The van der Waals surface area contributed by atoms with E-state index in [-0.39, 0.29) is 18.1 Å². The van der Waals surface area contributed by atoms with Crippen molar-refractivity contribution in [2.75, 3.05) is 19.7 Å². The smallest absolute Gasteiger partial charge is 0.344 e. The Labute approximate surface area is 164 Å². The fraction of sp³-hybridized carbons (Fsp3) is 0.500. The molecule has 148 valence electrons. The van der Waals surface area contributed by atoms with Crippen molar-refractivity contribution >= 4 is 11.9 Å². The van der Waals surface area contributed by atoms with Crippen molar-refractivity contribution in [2.45, 2.75) is 39.0 Å². The predicted octanol–water partition coefficient (Wildman–Crippen LogP) is 3.85. The monoisotopic (exact) mass is 382 g/mol. The highest BCUT2D eigenvalue weighted by atomic mass is 16.5. The Morgan fingerprint density at radius 2 is 1.89 bits per heavy atom. The maximum absolute atomic E-state index is 12.6. The lowest BCUT2D eigenvalue weighted by molar-refractivity contribution is -0.137. The molecule has 1 amide bonds. The first-order valence-corrected chi connectivity index (χ1v) is 10.1. The van der Waals surface area contributed by atoms with Gasteiger partial charge in [0.15, 0.2) is 6.61 Å². The van der Waals surface area contributed by atoms with Crippen molar-refractivity contribution in [3.8, 4) is 11.3 Å². The van der Waals surface area contributed by atoms with Crippen LogP contribution in [0.1, 0.15) is 48.2 Å². The van der Waals surface area contributed by atoms with Crippen molar-refractivity contribution in [1.29, 1.82) is 0 Å². The summed E-state index contributed by atoms with van der Waals surface area (Å²) in [4.78, 5) is 27.1. The van der Waals surface area contributed by atoms with Gasteiger partial charge in [-0.2, -0.15) is 0 Å². The van der Waals surface area contributed by atoms with Crippen LogP contribution in [0.4, 0.5) is 0 Å². The van der Waals surface area contributed by atoms with Gasteiger partial charge in [-0.25, -0.2) is 4.79 Å². The molecule has 2 aromatic rings. The Bertz CT molecular complexity index is 845. The third kappa shape index (κ3) is 3.81. The number of aromatic nitrogens is 1. The molecular formula is C22H26N2O4. The molecule has 1 aliphatic heterocycles. The summed E-state index contributed by atoms with van der Waals surface area (Å²) < 4.78 is 10.6. The number of likely N-dealkylation sites (tertiary alicyclic amines) is 1. The van der Waals surface area contributed by atoms with Crippen LogP contribution in [0.15, 0.2) is 34.9 Å². The van der Waals surface area contributed by atoms with E-state index in [1.165, 1.54) is 25.7 Å². The molecule has 2 aliphatic rings. The Balaban J connectivity index is 1.38. The Morgan fingerprint density at radius 3 is 2.68 bits per heavy atom. The molecule has 1 aromatic carbocycles. The molecule has 0 N–H and O–H groups in total. The zero-order valence-corrected chi connectivity index (χ0v) is 16.2. The van der Waals surface area contributed by atoms with E-state index < -0.39 is 5.97 Å². The zero-order valence-electron chi connectivity index (χ0n) is 16.2. The van der Waals surface area contributed by atoms with Crippen molar-refractivity contribution in [3.63, 3.8) is 0 Å². The summed E-state index contributed by atoms with van der Waals surface area (Å²) in [7, 11) is 0. The molecule has 6 nitrogen and oxygen atoms in total. The van der Waals surface area contributed by atoms with Crippen LogP contribution >= 0.6 is 0 Å². The highest BCUT2D eigenvalue weighted by molar-refractivity contribution is 5.98. The van der Waals surface area contributed by atoms with E-state index in [0.29, 0.717) is 17.4 Å². The van der Waals surface area contributed by atoms with E-state index in [1.807, 2.05) is 35.2 Å². The number of carbonyl (C=O) groups is 2. The van der Waals surface area contributed by atoms with Gasteiger partial charge in [-0.15, -0.1) is 0 Å². The number of hydrogen-bond donors (Lipinski definition) is 0. The normalized spacial score (nSPS) is 21.8. The van der Waals surface area contributed by atoms with Crippen LogP contribution in [-0.2, 0) is 9.53 Å². The highest BCUT2D eigenvalue weighted by Gasteiger charge is 2.33. The Hall–Kier alpha value is -2.63. The number of hydrogen-bond acceptors (Lipinski definition) is 5.